The molecule has 1 aliphatic rings. The van der Waals surface area contributed by atoms with Gasteiger partial charge in [-0.15, -0.1) is 4.83 Å². The van der Waals surface area contributed by atoms with Gasteiger partial charge in [0.25, 0.3) is 5.91 Å². The van der Waals surface area contributed by atoms with Gasteiger partial charge in [-0.2, -0.15) is 8.42 Å². The van der Waals surface area contributed by atoms with Crippen molar-refractivity contribution < 1.29 is 33.0 Å². The highest BCUT2D eigenvalue weighted by Gasteiger charge is 2.39. The van der Waals surface area contributed by atoms with E-state index >= 15 is 0 Å². The van der Waals surface area contributed by atoms with Crippen LogP contribution in [0.1, 0.15) is 10.4 Å². The summed E-state index contributed by atoms with van der Waals surface area (Å²) in [5, 5.41) is 18.8. The first-order valence-corrected chi connectivity index (χ1v) is 7.82. The van der Waals surface area contributed by atoms with Gasteiger partial charge in [-0.3, -0.25) is 19.9 Å². The second kappa shape index (κ2) is 6.31. The molecular weight excluding hydrogens is 346 g/mol. The van der Waals surface area contributed by atoms with Gasteiger partial charge in [0, 0.05) is 0 Å². The highest BCUT2D eigenvalue weighted by atomic mass is 32.2. The van der Waals surface area contributed by atoms with E-state index < -0.39 is 51.2 Å². The molecule has 2 rings (SSSR count). The molecule has 0 bridgehead atoms. The number of rotatable bonds is 4. The number of nitrogens with zero attached hydrogens (tertiary/aromatic N) is 1. The molecule has 1 aromatic rings. The number of para-hydroxylation sites is 1. The van der Waals surface area contributed by atoms with Crippen LogP contribution in [0.25, 0.3) is 0 Å². The number of phenols is 2. The van der Waals surface area contributed by atoms with Gasteiger partial charge in [0.15, 0.2) is 11.5 Å². The molecule has 0 unspecified atom stereocenters. The number of urea groups is 1. The minimum atomic E-state index is -4.53. The average molecular weight is 359 g/mol. The Labute approximate surface area is 135 Å². The van der Waals surface area contributed by atoms with Crippen molar-refractivity contribution in [2.24, 2.45) is 5.73 Å². The smallest absolute Gasteiger partial charge is 0.338 e. The second-order valence-electron chi connectivity index (χ2n) is 4.70. The van der Waals surface area contributed by atoms with Gasteiger partial charge >= 0.3 is 16.2 Å². The van der Waals surface area contributed by atoms with Crippen LogP contribution in [-0.2, 0) is 15.0 Å². The maximum atomic E-state index is 11.7. The lowest BCUT2D eigenvalue weighted by Gasteiger charge is -2.33. The third kappa shape index (κ3) is 3.53. The number of imide groups is 1. The molecule has 1 heterocycles. The van der Waals surface area contributed by atoms with Crippen molar-refractivity contribution >= 4 is 28.1 Å². The molecule has 12 nitrogen and oxygen atoms in total. The van der Waals surface area contributed by atoms with Crippen LogP contribution in [0.15, 0.2) is 18.2 Å². The predicted molar refractivity (Wildman–Crippen MR) is 77.5 cm³/mol. The lowest BCUT2D eigenvalue weighted by molar-refractivity contribution is -0.137. The van der Waals surface area contributed by atoms with Crippen LogP contribution in [0.3, 0.4) is 0 Å². The third-order valence-electron chi connectivity index (χ3n) is 2.99. The first-order chi connectivity index (χ1) is 11.1. The van der Waals surface area contributed by atoms with Crippen molar-refractivity contribution in [3.8, 4) is 11.5 Å². The number of hydrazine groups is 1. The molecule has 0 spiro atoms. The summed E-state index contributed by atoms with van der Waals surface area (Å²) >= 11 is 0. The molecule has 1 aromatic carbocycles. The van der Waals surface area contributed by atoms with Crippen molar-refractivity contribution in [2.75, 3.05) is 6.54 Å². The Morgan fingerprint density at radius 2 is 1.96 bits per heavy atom. The zero-order chi connectivity index (χ0) is 18.1. The van der Waals surface area contributed by atoms with E-state index in [0.717, 1.165) is 12.1 Å². The van der Waals surface area contributed by atoms with E-state index in [4.69, 9.17) is 5.73 Å². The number of likely N-dealkylation sites (tertiary alicyclic amines) is 1. The highest BCUT2D eigenvalue weighted by Crippen LogP contribution is 2.27. The van der Waals surface area contributed by atoms with Gasteiger partial charge in [0.2, 0.25) is 5.91 Å². The Morgan fingerprint density at radius 3 is 2.54 bits per heavy atom. The summed E-state index contributed by atoms with van der Waals surface area (Å²) in [6.45, 7) is -0.135. The fourth-order valence-corrected chi connectivity index (χ4v) is 2.34. The van der Waals surface area contributed by atoms with Crippen LogP contribution >= 0.6 is 0 Å². The minimum absolute atomic E-state index is 0.135. The molecule has 13 heteroatoms. The minimum Gasteiger partial charge on any atom is -0.504 e. The van der Waals surface area contributed by atoms with Crippen molar-refractivity contribution in [3.63, 3.8) is 0 Å². The molecule has 0 aliphatic carbocycles. The monoisotopic (exact) mass is 359 g/mol. The maximum absolute atomic E-state index is 11.7. The summed E-state index contributed by atoms with van der Waals surface area (Å²) in [7, 11) is -4.53. The van der Waals surface area contributed by atoms with Crippen LogP contribution in [0.5, 0.6) is 11.5 Å². The summed E-state index contributed by atoms with van der Waals surface area (Å²) in [6, 6.07) is 1.39. The number of carbonyl (C=O) groups excluding carboxylic acids is 3. The van der Waals surface area contributed by atoms with Crippen molar-refractivity contribution in [3.05, 3.63) is 23.8 Å². The van der Waals surface area contributed by atoms with E-state index in [9.17, 15) is 33.0 Å². The predicted octanol–water partition coefficient (Wildman–Crippen LogP) is -2.54. The number of carbonyl (C=O) groups is 3. The number of benzene rings is 1. The maximum Gasteiger partial charge on any atom is 0.338 e. The van der Waals surface area contributed by atoms with Crippen LogP contribution in [0.4, 0.5) is 4.79 Å². The molecule has 1 aliphatic heterocycles. The van der Waals surface area contributed by atoms with E-state index in [0.29, 0.717) is 4.90 Å². The van der Waals surface area contributed by atoms with Crippen LogP contribution in [0, 0.1) is 0 Å². The lowest BCUT2D eigenvalue weighted by atomic mass is 10.1. The SMILES string of the molecule is N[C@H]1CN(C(=O)NS(=O)(=O)NNC(=O)c2cccc(O)c2O)C1=O. The van der Waals surface area contributed by atoms with Crippen LogP contribution < -0.4 is 20.7 Å². The topological polar surface area (TPSA) is 191 Å². The highest BCUT2D eigenvalue weighted by molar-refractivity contribution is 7.88. The molecule has 7 N–H and O–H groups in total. The van der Waals surface area contributed by atoms with E-state index in [1.54, 1.807) is 10.3 Å². The molecule has 4 amide bonds. The van der Waals surface area contributed by atoms with E-state index in [1.165, 1.54) is 10.8 Å². The van der Waals surface area contributed by atoms with Gasteiger partial charge in [-0.1, -0.05) is 6.07 Å². The number of hydrogen-bond donors (Lipinski definition) is 6. The zero-order valence-corrected chi connectivity index (χ0v) is 12.7. The number of nitrogens with one attached hydrogen (secondary N) is 3. The van der Waals surface area contributed by atoms with Gasteiger partial charge < -0.3 is 15.9 Å². The molecule has 1 atom stereocenters. The fourth-order valence-electron chi connectivity index (χ4n) is 1.73. The quantitative estimate of drug-likeness (QED) is 0.192. The van der Waals surface area contributed by atoms with Crippen molar-refractivity contribution in [1.29, 1.82) is 0 Å². The molecule has 1 saturated heterocycles. The summed E-state index contributed by atoms with van der Waals surface area (Å²) in [6.07, 6.45) is 0. The second-order valence-corrected chi connectivity index (χ2v) is 6.11. The van der Waals surface area contributed by atoms with Gasteiger partial charge in [0.1, 0.15) is 6.04 Å². The molecule has 130 valence electrons. The number of aromatic hydroxyl groups is 2. The number of phenolic OH excluding ortho intramolecular Hbond substituents is 2. The Bertz CT molecular complexity index is 809. The Balaban J connectivity index is 1.95. The Kier molecular flexibility index (Phi) is 4.59. The molecule has 0 radical (unpaired) electrons. The number of β-lactam (4-membered cyclic amide) rings is 1. The van der Waals surface area contributed by atoms with E-state index in [1.807, 2.05) is 0 Å². The molecule has 1 fully saturated rings. The average Bonchev–Trinajstić information content (AvgIpc) is 2.52. The van der Waals surface area contributed by atoms with E-state index in [2.05, 4.69) is 0 Å². The Morgan fingerprint density at radius 1 is 1.29 bits per heavy atom. The number of amides is 4. The first-order valence-electron chi connectivity index (χ1n) is 6.34. The first kappa shape index (κ1) is 17.5. The van der Waals surface area contributed by atoms with Gasteiger partial charge in [-0.05, 0) is 12.1 Å². The lowest BCUT2D eigenvalue weighted by Crippen LogP contribution is -2.66. The molecule has 24 heavy (non-hydrogen) atoms. The Hall–Kier alpha value is -2.90. The molecule has 0 saturated carbocycles. The standard InChI is InChI=1S/C11H13N5O7S/c12-6-4-16(10(6)20)11(21)14-24(22,23)15-13-9(19)5-2-1-3-7(17)8(5)18/h1-3,6,15,17-18H,4,12H2,(H,13,19)(H,14,21)/t6-/m0/s1. The summed E-state index contributed by atoms with van der Waals surface area (Å²) in [4.78, 5) is 36.6. The normalized spacial score (nSPS) is 17.1. The molecular formula is C11H13N5O7S. The fraction of sp³-hybridized carbons (Fsp3) is 0.182. The van der Waals surface area contributed by atoms with Gasteiger partial charge in [-0.25, -0.2) is 9.52 Å². The third-order valence-corrected chi connectivity index (χ3v) is 3.80. The summed E-state index contributed by atoms with van der Waals surface area (Å²) in [5.74, 6) is -3.16. The van der Waals surface area contributed by atoms with E-state index in [-0.39, 0.29) is 6.54 Å². The van der Waals surface area contributed by atoms with Gasteiger partial charge in [0.05, 0.1) is 12.1 Å². The summed E-state index contributed by atoms with van der Waals surface area (Å²) in [5.41, 5.74) is 6.57. The van der Waals surface area contributed by atoms with Crippen molar-refractivity contribution in [2.45, 2.75) is 6.04 Å². The summed E-state index contributed by atoms with van der Waals surface area (Å²) < 4.78 is 24.7. The number of hydrogen-bond acceptors (Lipinski definition) is 8. The van der Waals surface area contributed by atoms with Crippen LogP contribution in [-0.4, -0.2) is 54.0 Å². The van der Waals surface area contributed by atoms with Crippen molar-refractivity contribution in [1.82, 2.24) is 19.9 Å². The van der Waals surface area contributed by atoms with Crippen LogP contribution in [0.2, 0.25) is 0 Å². The molecule has 0 aromatic heterocycles. The largest absolute Gasteiger partial charge is 0.504 e. The zero-order valence-electron chi connectivity index (χ0n) is 11.9. The number of nitrogens with two attached hydrogens (primary N) is 1.